The van der Waals surface area contributed by atoms with Gasteiger partial charge in [-0.1, -0.05) is 0 Å². The van der Waals surface area contributed by atoms with Crippen molar-refractivity contribution in [2.75, 3.05) is 26.7 Å². The van der Waals surface area contributed by atoms with E-state index in [1.807, 2.05) is 0 Å². The van der Waals surface area contributed by atoms with E-state index in [9.17, 15) is 22.8 Å². The molecule has 0 atom stereocenters. The molecule has 21 heavy (non-hydrogen) atoms. The monoisotopic (exact) mass is 308 g/mol. The van der Waals surface area contributed by atoms with Crippen LogP contribution in [0.1, 0.15) is 5.76 Å². The van der Waals surface area contributed by atoms with Gasteiger partial charge in [-0.3, -0.25) is 14.5 Å². The fraction of sp³-hybridized carbons (Fsp3) is 0.500. The topological polar surface area (TPSA) is 74.0 Å². The first-order valence-corrected chi connectivity index (χ1v) is 5.94. The molecule has 6 nitrogen and oxygen atoms in total. The zero-order valence-electron chi connectivity index (χ0n) is 11.3. The average molecular weight is 308 g/mol. The highest BCUT2D eigenvalue weighted by Crippen LogP contribution is 2.16. The Hall–Kier alpha value is -2.03. The molecular formula is C12H15F3N2O4. The molecule has 1 amide bonds. The first-order chi connectivity index (χ1) is 9.67. The van der Waals surface area contributed by atoms with Crippen molar-refractivity contribution in [2.24, 2.45) is 0 Å². The molecule has 0 radical (unpaired) electrons. The van der Waals surface area contributed by atoms with Crippen LogP contribution >= 0.6 is 0 Å². The van der Waals surface area contributed by atoms with Gasteiger partial charge in [0.05, 0.1) is 32.4 Å². The van der Waals surface area contributed by atoms with Gasteiger partial charge in [0.25, 0.3) is 0 Å². The molecule has 0 aliphatic heterocycles. The number of alkyl halides is 3. The van der Waals surface area contributed by atoms with Crippen LogP contribution in [-0.2, 0) is 16.1 Å². The van der Waals surface area contributed by atoms with Crippen LogP contribution < -0.4 is 0 Å². The number of aliphatic carboxylic acids is 1. The van der Waals surface area contributed by atoms with Crippen LogP contribution in [0.4, 0.5) is 13.2 Å². The number of carboxylic acid groups (broad SMARTS) is 1. The minimum absolute atomic E-state index is 0.0960. The summed E-state index contributed by atoms with van der Waals surface area (Å²) in [7, 11) is 1.40. The van der Waals surface area contributed by atoms with E-state index in [-0.39, 0.29) is 6.54 Å². The summed E-state index contributed by atoms with van der Waals surface area (Å²) in [4.78, 5) is 24.1. The Bertz CT molecular complexity index is 473. The molecule has 1 aromatic rings. The van der Waals surface area contributed by atoms with Gasteiger partial charge < -0.3 is 14.4 Å². The van der Waals surface area contributed by atoms with Crippen molar-refractivity contribution < 1.29 is 32.3 Å². The van der Waals surface area contributed by atoms with E-state index in [0.717, 1.165) is 0 Å². The van der Waals surface area contributed by atoms with Crippen LogP contribution in [0.2, 0.25) is 0 Å². The summed E-state index contributed by atoms with van der Waals surface area (Å²) in [5.41, 5.74) is 0. The summed E-state index contributed by atoms with van der Waals surface area (Å²) in [5, 5.41) is 8.59. The molecule has 0 aliphatic rings. The zero-order valence-corrected chi connectivity index (χ0v) is 11.3. The maximum absolute atomic E-state index is 12.3. The minimum atomic E-state index is -4.57. The number of nitrogens with zero attached hydrogens (tertiary/aromatic N) is 2. The number of hydrogen-bond donors (Lipinski definition) is 1. The summed E-state index contributed by atoms with van der Waals surface area (Å²) in [6, 6.07) is 3.24. The molecule has 0 bridgehead atoms. The van der Waals surface area contributed by atoms with Crippen molar-refractivity contribution in [3.63, 3.8) is 0 Å². The van der Waals surface area contributed by atoms with Gasteiger partial charge in [0.1, 0.15) is 5.76 Å². The summed E-state index contributed by atoms with van der Waals surface area (Å²) < 4.78 is 42.0. The Morgan fingerprint density at radius 1 is 1.33 bits per heavy atom. The molecule has 0 aromatic carbocycles. The van der Waals surface area contributed by atoms with E-state index in [1.165, 1.54) is 18.2 Å². The quantitative estimate of drug-likeness (QED) is 0.819. The van der Waals surface area contributed by atoms with Crippen molar-refractivity contribution in [1.29, 1.82) is 0 Å². The molecule has 1 aromatic heterocycles. The maximum atomic E-state index is 12.3. The fourth-order valence-corrected chi connectivity index (χ4v) is 1.65. The second-order valence-corrected chi connectivity index (χ2v) is 4.48. The smallest absolute Gasteiger partial charge is 0.401 e. The van der Waals surface area contributed by atoms with Gasteiger partial charge >= 0.3 is 12.1 Å². The molecule has 0 unspecified atom stereocenters. The molecule has 9 heteroatoms. The second kappa shape index (κ2) is 7.11. The van der Waals surface area contributed by atoms with Gasteiger partial charge in [0, 0.05) is 7.05 Å². The Balaban J connectivity index is 2.59. The van der Waals surface area contributed by atoms with Gasteiger partial charge in [-0.05, 0) is 12.1 Å². The van der Waals surface area contributed by atoms with Gasteiger partial charge in [-0.15, -0.1) is 0 Å². The average Bonchev–Trinajstić information content (AvgIpc) is 2.78. The number of rotatable bonds is 7. The Labute approximate surface area is 118 Å². The van der Waals surface area contributed by atoms with Crippen LogP contribution in [0.5, 0.6) is 0 Å². The molecule has 1 N–H and O–H groups in total. The van der Waals surface area contributed by atoms with Crippen LogP contribution in [-0.4, -0.2) is 59.6 Å². The van der Waals surface area contributed by atoms with Crippen molar-refractivity contribution in [3.05, 3.63) is 24.2 Å². The second-order valence-electron chi connectivity index (χ2n) is 4.48. The molecule has 0 saturated heterocycles. The number of amides is 1. The predicted octanol–water partition coefficient (Wildman–Crippen LogP) is 1.19. The number of likely N-dealkylation sites (N-methyl/N-ethyl adjacent to an activating group) is 1. The number of furan rings is 1. The van der Waals surface area contributed by atoms with Crippen molar-refractivity contribution in [1.82, 2.24) is 9.80 Å². The molecule has 0 spiro atoms. The van der Waals surface area contributed by atoms with Gasteiger partial charge in [-0.2, -0.15) is 13.2 Å². The van der Waals surface area contributed by atoms with Crippen LogP contribution in [0.3, 0.4) is 0 Å². The number of carbonyl (C=O) groups is 2. The van der Waals surface area contributed by atoms with E-state index >= 15 is 0 Å². The van der Waals surface area contributed by atoms with Crippen LogP contribution in [0, 0.1) is 0 Å². The standard InChI is InChI=1S/C12H15F3N2O4/c1-16(5-9-3-2-4-21-9)10(18)6-17(7-11(19)20)8-12(13,14)15/h2-4H,5-8H2,1H3,(H,19,20). The van der Waals surface area contributed by atoms with Gasteiger partial charge in [-0.25, -0.2) is 0 Å². The van der Waals surface area contributed by atoms with Crippen LogP contribution in [0.15, 0.2) is 22.8 Å². The summed E-state index contributed by atoms with van der Waals surface area (Å²) >= 11 is 0. The Morgan fingerprint density at radius 3 is 2.48 bits per heavy atom. The van der Waals surface area contributed by atoms with E-state index in [4.69, 9.17) is 9.52 Å². The highest BCUT2D eigenvalue weighted by Gasteiger charge is 2.32. The Morgan fingerprint density at radius 2 is 2.00 bits per heavy atom. The molecule has 0 aliphatic carbocycles. The van der Waals surface area contributed by atoms with Crippen molar-refractivity contribution >= 4 is 11.9 Å². The predicted molar refractivity (Wildman–Crippen MR) is 65.3 cm³/mol. The first kappa shape index (κ1) is 17.0. The third-order valence-corrected chi connectivity index (χ3v) is 2.52. The van der Waals surface area contributed by atoms with E-state index in [2.05, 4.69) is 0 Å². The number of hydrogen-bond acceptors (Lipinski definition) is 4. The first-order valence-electron chi connectivity index (χ1n) is 5.94. The fourth-order valence-electron chi connectivity index (χ4n) is 1.65. The molecule has 0 fully saturated rings. The third kappa shape index (κ3) is 6.80. The van der Waals surface area contributed by atoms with Crippen molar-refractivity contribution in [2.45, 2.75) is 12.7 Å². The third-order valence-electron chi connectivity index (χ3n) is 2.52. The lowest BCUT2D eigenvalue weighted by Gasteiger charge is -2.24. The number of carboxylic acids is 1. The SMILES string of the molecule is CN(Cc1ccco1)C(=O)CN(CC(=O)O)CC(F)(F)F. The summed E-state index contributed by atoms with van der Waals surface area (Å²) in [6.07, 6.45) is -3.16. The normalized spacial score (nSPS) is 11.7. The van der Waals surface area contributed by atoms with Gasteiger partial charge in [0.15, 0.2) is 0 Å². The maximum Gasteiger partial charge on any atom is 0.401 e. The molecule has 118 valence electrons. The van der Waals surface area contributed by atoms with Gasteiger partial charge in [0.2, 0.25) is 5.91 Å². The lowest BCUT2D eigenvalue weighted by molar-refractivity contribution is -0.157. The Kier molecular flexibility index (Phi) is 5.77. The minimum Gasteiger partial charge on any atom is -0.480 e. The number of halogens is 3. The van der Waals surface area contributed by atoms with E-state index < -0.39 is 37.7 Å². The highest BCUT2D eigenvalue weighted by molar-refractivity contribution is 5.79. The van der Waals surface area contributed by atoms with E-state index in [1.54, 1.807) is 12.1 Å². The zero-order chi connectivity index (χ0) is 16.0. The summed E-state index contributed by atoms with van der Waals surface area (Å²) in [6.45, 7) is -2.86. The van der Waals surface area contributed by atoms with E-state index in [0.29, 0.717) is 10.7 Å². The molecular weight excluding hydrogens is 293 g/mol. The molecule has 1 rings (SSSR count). The largest absolute Gasteiger partial charge is 0.480 e. The number of carbonyl (C=O) groups excluding carboxylic acids is 1. The van der Waals surface area contributed by atoms with Crippen LogP contribution in [0.25, 0.3) is 0 Å². The van der Waals surface area contributed by atoms with Crippen molar-refractivity contribution in [3.8, 4) is 0 Å². The molecule has 0 saturated carbocycles. The highest BCUT2D eigenvalue weighted by atomic mass is 19.4. The molecule has 1 heterocycles. The summed E-state index contributed by atoms with van der Waals surface area (Å²) in [5.74, 6) is -1.58. The lowest BCUT2D eigenvalue weighted by Crippen LogP contribution is -2.44. The lowest BCUT2D eigenvalue weighted by atomic mass is 10.3.